The third kappa shape index (κ3) is 4.89. The zero-order chi connectivity index (χ0) is 20.1. The molecular formula is C19H22BrN3O4S. The number of pyridine rings is 1. The fraction of sp³-hybridized carbons (Fsp3) is 0.368. The topological polar surface area (TPSA) is 79.8 Å². The number of halogens is 1. The van der Waals surface area contributed by atoms with Crippen molar-refractivity contribution in [1.82, 2.24) is 9.88 Å². The van der Waals surface area contributed by atoms with Gasteiger partial charge in [0.05, 0.1) is 17.3 Å². The fourth-order valence-corrected chi connectivity index (χ4v) is 4.40. The Morgan fingerprint density at radius 3 is 2.36 bits per heavy atom. The number of carbonyl (C=O) groups excluding carboxylic acids is 1. The summed E-state index contributed by atoms with van der Waals surface area (Å²) < 4.78 is 30.1. The lowest BCUT2D eigenvalue weighted by Crippen LogP contribution is -2.49. The first-order chi connectivity index (χ1) is 13.4. The molecule has 9 heteroatoms. The van der Waals surface area contributed by atoms with Gasteiger partial charge in [-0.3, -0.25) is 4.79 Å². The van der Waals surface area contributed by atoms with Gasteiger partial charge >= 0.3 is 0 Å². The number of methoxy groups -OCH3 is 1. The van der Waals surface area contributed by atoms with Crippen LogP contribution in [-0.2, 0) is 14.6 Å². The quantitative estimate of drug-likeness (QED) is 0.647. The Hall–Kier alpha value is -1.97. The molecule has 0 radical (unpaired) electrons. The fourth-order valence-electron chi connectivity index (χ4n) is 2.99. The molecule has 0 N–H and O–H groups in total. The number of piperazine rings is 1. The van der Waals surface area contributed by atoms with E-state index in [0.29, 0.717) is 31.7 Å². The second-order valence-corrected chi connectivity index (χ2v) is 9.47. The monoisotopic (exact) mass is 467 g/mol. The minimum atomic E-state index is -3.40. The first-order valence-corrected chi connectivity index (χ1v) is 11.3. The minimum Gasteiger partial charge on any atom is -0.384 e. The first-order valence-electron chi connectivity index (χ1n) is 8.88. The minimum absolute atomic E-state index is 0.0805. The van der Waals surface area contributed by atoms with Crippen molar-refractivity contribution in [2.45, 2.75) is 4.90 Å². The number of carbonyl (C=O) groups is 1. The van der Waals surface area contributed by atoms with Gasteiger partial charge in [-0.15, -0.1) is 0 Å². The summed E-state index contributed by atoms with van der Waals surface area (Å²) in [6.45, 7) is 2.71. The van der Waals surface area contributed by atoms with E-state index in [9.17, 15) is 13.2 Å². The molecular weight excluding hydrogens is 446 g/mol. The molecule has 0 bridgehead atoms. The Balaban J connectivity index is 1.61. The van der Waals surface area contributed by atoms with Crippen LogP contribution in [0.5, 0.6) is 0 Å². The van der Waals surface area contributed by atoms with Crippen LogP contribution in [0.1, 0.15) is 10.4 Å². The number of benzene rings is 1. The molecule has 0 spiro atoms. The van der Waals surface area contributed by atoms with E-state index in [1.54, 1.807) is 23.2 Å². The van der Waals surface area contributed by atoms with E-state index >= 15 is 0 Å². The van der Waals surface area contributed by atoms with Crippen molar-refractivity contribution < 1.29 is 17.9 Å². The molecule has 1 saturated heterocycles. The maximum absolute atomic E-state index is 12.7. The molecule has 0 saturated carbocycles. The van der Waals surface area contributed by atoms with Crippen molar-refractivity contribution in [3.63, 3.8) is 0 Å². The highest BCUT2D eigenvalue weighted by molar-refractivity contribution is 9.10. The highest BCUT2D eigenvalue weighted by atomic mass is 79.9. The van der Waals surface area contributed by atoms with Gasteiger partial charge in [0.15, 0.2) is 9.84 Å². The van der Waals surface area contributed by atoms with E-state index < -0.39 is 9.84 Å². The summed E-state index contributed by atoms with van der Waals surface area (Å²) in [4.78, 5) is 21.3. The van der Waals surface area contributed by atoms with Gasteiger partial charge in [-0.1, -0.05) is 0 Å². The molecule has 0 unspecified atom stereocenters. The summed E-state index contributed by atoms with van der Waals surface area (Å²) in [5, 5.41) is 0. The Bertz CT molecular complexity index is 909. The van der Waals surface area contributed by atoms with E-state index in [1.807, 2.05) is 12.1 Å². The molecule has 0 atom stereocenters. The predicted molar refractivity (Wildman–Crippen MR) is 110 cm³/mol. The molecule has 1 aliphatic heterocycles. The molecule has 150 valence electrons. The van der Waals surface area contributed by atoms with Crippen LogP contribution in [0.4, 0.5) is 5.82 Å². The van der Waals surface area contributed by atoms with Gasteiger partial charge < -0.3 is 14.5 Å². The van der Waals surface area contributed by atoms with Crippen LogP contribution >= 0.6 is 15.9 Å². The number of aromatic nitrogens is 1. The molecule has 1 aromatic carbocycles. The number of hydrogen-bond donors (Lipinski definition) is 0. The number of sulfone groups is 1. The lowest BCUT2D eigenvalue weighted by Gasteiger charge is -2.35. The zero-order valence-electron chi connectivity index (χ0n) is 15.5. The standard InChI is InChI=1S/C19H22BrN3O4S/c1-27-12-13-28(25,26)17-5-2-15(3-6-17)19(24)23-10-8-22(9-11-23)18-7-4-16(20)14-21-18/h2-7,14H,8-13H2,1H3. The second-order valence-electron chi connectivity index (χ2n) is 6.45. The molecule has 2 heterocycles. The summed E-state index contributed by atoms with van der Waals surface area (Å²) in [7, 11) is -1.94. The molecule has 3 rings (SSSR count). The number of ether oxygens (including phenoxy) is 1. The number of rotatable bonds is 6. The van der Waals surface area contributed by atoms with Crippen molar-refractivity contribution in [1.29, 1.82) is 0 Å². The molecule has 1 amide bonds. The molecule has 1 aromatic heterocycles. The Kier molecular flexibility index (Phi) is 6.69. The summed E-state index contributed by atoms with van der Waals surface area (Å²) in [5.41, 5.74) is 0.487. The van der Waals surface area contributed by atoms with Crippen molar-refractivity contribution in [3.8, 4) is 0 Å². The third-order valence-corrected chi connectivity index (χ3v) is 6.78. The molecule has 28 heavy (non-hydrogen) atoms. The lowest BCUT2D eigenvalue weighted by atomic mass is 10.2. The normalized spacial score (nSPS) is 14.9. The van der Waals surface area contributed by atoms with Crippen molar-refractivity contribution in [2.24, 2.45) is 0 Å². The number of amides is 1. The van der Waals surface area contributed by atoms with Crippen molar-refractivity contribution in [3.05, 3.63) is 52.6 Å². The first kappa shape index (κ1) is 20.8. The van der Waals surface area contributed by atoms with E-state index in [2.05, 4.69) is 25.8 Å². The van der Waals surface area contributed by atoms with Gasteiger partial charge in [0.1, 0.15) is 5.82 Å². The second kappa shape index (κ2) is 9.02. The maximum atomic E-state index is 12.7. The summed E-state index contributed by atoms with van der Waals surface area (Å²) in [5.74, 6) is 0.716. The number of anilines is 1. The smallest absolute Gasteiger partial charge is 0.253 e. The van der Waals surface area contributed by atoms with E-state index in [4.69, 9.17) is 4.74 Å². The van der Waals surface area contributed by atoms with E-state index in [1.165, 1.54) is 19.2 Å². The van der Waals surface area contributed by atoms with Crippen LogP contribution in [0, 0.1) is 0 Å². The molecule has 1 fully saturated rings. The van der Waals surface area contributed by atoms with Gasteiger partial charge in [0.2, 0.25) is 0 Å². The summed E-state index contributed by atoms with van der Waals surface area (Å²) in [6.07, 6.45) is 1.76. The largest absolute Gasteiger partial charge is 0.384 e. The van der Waals surface area contributed by atoms with Crippen molar-refractivity contribution in [2.75, 3.05) is 50.5 Å². The van der Waals surface area contributed by atoms with Gasteiger partial charge in [-0.05, 0) is 52.3 Å². The SMILES string of the molecule is COCCS(=O)(=O)c1ccc(C(=O)N2CCN(c3ccc(Br)cn3)CC2)cc1. The van der Waals surface area contributed by atoms with Crippen LogP contribution in [0.15, 0.2) is 52.0 Å². The van der Waals surface area contributed by atoms with Gasteiger partial charge in [0, 0.05) is 49.5 Å². The Morgan fingerprint density at radius 1 is 1.11 bits per heavy atom. The lowest BCUT2D eigenvalue weighted by molar-refractivity contribution is 0.0746. The van der Waals surface area contributed by atoms with Crippen LogP contribution in [-0.4, -0.2) is 69.9 Å². The van der Waals surface area contributed by atoms with Crippen LogP contribution < -0.4 is 4.90 Å². The predicted octanol–water partition coefficient (Wildman–Crippen LogP) is 2.23. The van der Waals surface area contributed by atoms with Gasteiger partial charge in [-0.2, -0.15) is 0 Å². The molecule has 7 nitrogen and oxygen atoms in total. The number of hydrogen-bond acceptors (Lipinski definition) is 6. The van der Waals surface area contributed by atoms with Gasteiger partial charge in [-0.25, -0.2) is 13.4 Å². The van der Waals surface area contributed by atoms with Crippen LogP contribution in [0.25, 0.3) is 0 Å². The highest BCUT2D eigenvalue weighted by Gasteiger charge is 2.23. The zero-order valence-corrected chi connectivity index (χ0v) is 17.9. The number of nitrogens with zero attached hydrogens (tertiary/aromatic N) is 3. The molecule has 1 aliphatic rings. The maximum Gasteiger partial charge on any atom is 0.253 e. The Labute approximate surface area is 173 Å². The average Bonchev–Trinajstić information content (AvgIpc) is 2.72. The molecule has 2 aromatic rings. The summed E-state index contributed by atoms with van der Waals surface area (Å²) >= 11 is 3.38. The highest BCUT2D eigenvalue weighted by Crippen LogP contribution is 2.18. The summed E-state index contributed by atoms with van der Waals surface area (Å²) in [6, 6.07) is 10.0. The van der Waals surface area contributed by atoms with E-state index in [0.717, 1.165) is 10.3 Å². The Morgan fingerprint density at radius 2 is 1.79 bits per heavy atom. The van der Waals surface area contributed by atoms with Crippen LogP contribution in [0.3, 0.4) is 0 Å². The van der Waals surface area contributed by atoms with Gasteiger partial charge in [0.25, 0.3) is 5.91 Å². The van der Waals surface area contributed by atoms with E-state index in [-0.39, 0.29) is 23.2 Å². The van der Waals surface area contributed by atoms with Crippen molar-refractivity contribution >= 4 is 37.5 Å². The average molecular weight is 468 g/mol. The third-order valence-electron chi connectivity index (χ3n) is 4.62. The molecule has 0 aliphatic carbocycles. The van der Waals surface area contributed by atoms with Crippen LogP contribution in [0.2, 0.25) is 0 Å².